The smallest absolute Gasteiger partial charge is 0.233 e. The minimum atomic E-state index is -1.26. The molecule has 1 aliphatic rings. The lowest BCUT2D eigenvalue weighted by atomic mass is 10.2. The van der Waals surface area contributed by atoms with E-state index in [1.807, 2.05) is 44.2 Å². The van der Waals surface area contributed by atoms with E-state index in [4.69, 9.17) is 0 Å². The Kier molecular flexibility index (Phi) is 5.43. The van der Waals surface area contributed by atoms with Crippen LogP contribution in [0.1, 0.15) is 31.4 Å². The molecule has 1 aliphatic heterocycles. The van der Waals surface area contributed by atoms with Gasteiger partial charge in [-0.3, -0.25) is 13.9 Å². The van der Waals surface area contributed by atoms with E-state index >= 15 is 0 Å². The van der Waals surface area contributed by atoms with Gasteiger partial charge in [0.2, 0.25) is 11.1 Å². The summed E-state index contributed by atoms with van der Waals surface area (Å²) < 4.78 is 12.4. The number of aromatic nitrogens is 2. The number of hydrogen-bond donors (Lipinski definition) is 1. The highest BCUT2D eigenvalue weighted by Gasteiger charge is 2.33. The van der Waals surface area contributed by atoms with Crippen molar-refractivity contribution in [2.75, 3.05) is 22.5 Å². The third-order valence-electron chi connectivity index (χ3n) is 3.97. The molecule has 0 saturated carbocycles. The van der Waals surface area contributed by atoms with E-state index in [9.17, 15) is 9.00 Å². The second-order valence-corrected chi connectivity index (χ2v) is 7.34. The quantitative estimate of drug-likeness (QED) is 0.770. The van der Waals surface area contributed by atoms with E-state index in [1.165, 1.54) is 0 Å². The van der Waals surface area contributed by atoms with E-state index in [2.05, 4.69) is 15.3 Å². The van der Waals surface area contributed by atoms with Crippen molar-refractivity contribution in [3.05, 3.63) is 41.5 Å². The van der Waals surface area contributed by atoms with Gasteiger partial charge in [0.05, 0.1) is 23.8 Å². The predicted octanol–water partition coefficient (Wildman–Crippen LogP) is 2.52. The topological polar surface area (TPSA) is 75.2 Å². The summed E-state index contributed by atoms with van der Waals surface area (Å²) in [6.45, 7) is 5.07. The second kappa shape index (κ2) is 7.74. The molecule has 1 amide bonds. The van der Waals surface area contributed by atoms with E-state index in [0.29, 0.717) is 35.6 Å². The Morgan fingerprint density at radius 3 is 2.64 bits per heavy atom. The molecule has 25 heavy (non-hydrogen) atoms. The highest BCUT2D eigenvalue weighted by Crippen LogP contribution is 2.33. The number of hydrogen-bond acceptors (Lipinski definition) is 5. The maximum Gasteiger partial charge on any atom is 0.233 e. The molecule has 0 radical (unpaired) electrons. The minimum Gasteiger partial charge on any atom is -0.370 e. The Balaban J connectivity index is 2.01. The van der Waals surface area contributed by atoms with Crippen molar-refractivity contribution in [3.63, 3.8) is 0 Å². The number of amides is 1. The molecule has 1 N–H and O–H groups in total. The summed E-state index contributed by atoms with van der Waals surface area (Å²) in [7, 11) is -1.26. The van der Waals surface area contributed by atoms with Crippen LogP contribution < -0.4 is 10.2 Å². The molecule has 7 heteroatoms. The summed E-state index contributed by atoms with van der Waals surface area (Å²) in [6.07, 6.45) is 1.06. The van der Waals surface area contributed by atoms with Crippen LogP contribution >= 0.6 is 0 Å². The molecular formula is C18H22N4O2S. The van der Waals surface area contributed by atoms with Crippen molar-refractivity contribution < 1.29 is 9.00 Å². The summed E-state index contributed by atoms with van der Waals surface area (Å²) in [4.78, 5) is 23.1. The van der Waals surface area contributed by atoms with Crippen LogP contribution in [0.4, 0.5) is 11.6 Å². The van der Waals surface area contributed by atoms with Gasteiger partial charge in [-0.15, -0.1) is 0 Å². The zero-order valence-electron chi connectivity index (χ0n) is 14.5. The van der Waals surface area contributed by atoms with Gasteiger partial charge in [0, 0.05) is 17.9 Å². The summed E-state index contributed by atoms with van der Waals surface area (Å²) in [5.74, 6) is 1.71. The van der Waals surface area contributed by atoms with Gasteiger partial charge in [-0.1, -0.05) is 37.3 Å². The Morgan fingerprint density at radius 1 is 1.20 bits per heavy atom. The fourth-order valence-corrected chi connectivity index (χ4v) is 3.76. The monoisotopic (exact) mass is 358 g/mol. The first-order valence-electron chi connectivity index (χ1n) is 8.51. The first-order chi connectivity index (χ1) is 12.1. The molecule has 3 rings (SSSR count). The summed E-state index contributed by atoms with van der Waals surface area (Å²) >= 11 is 0. The summed E-state index contributed by atoms with van der Waals surface area (Å²) in [5.41, 5.74) is 1.82. The molecule has 0 spiro atoms. The van der Waals surface area contributed by atoms with Crippen molar-refractivity contribution >= 4 is 28.3 Å². The van der Waals surface area contributed by atoms with Crippen LogP contribution in [0.3, 0.4) is 0 Å². The van der Waals surface area contributed by atoms with Crippen molar-refractivity contribution in [2.45, 2.75) is 38.4 Å². The molecular weight excluding hydrogens is 336 g/mol. The maximum atomic E-state index is 12.6. The van der Waals surface area contributed by atoms with Crippen molar-refractivity contribution in [3.8, 4) is 0 Å². The zero-order chi connectivity index (χ0) is 17.8. The van der Waals surface area contributed by atoms with Gasteiger partial charge in [0.1, 0.15) is 11.6 Å². The lowest BCUT2D eigenvalue weighted by Crippen LogP contribution is -2.27. The standard InChI is InChI=1S/C18H22N4O2S/c1-3-10-25(24)18-20-16(19-4-2)14-11-15(23)22(17(14)21-18)12-13-8-6-5-7-9-13/h5-9H,3-4,10-12H2,1-2H3,(H,19,20,21). The van der Waals surface area contributed by atoms with Crippen LogP contribution in [0.25, 0.3) is 0 Å². The number of nitrogens with one attached hydrogen (secondary N) is 1. The van der Waals surface area contributed by atoms with Crippen LogP contribution in [-0.4, -0.2) is 32.4 Å². The van der Waals surface area contributed by atoms with Crippen LogP contribution in [-0.2, 0) is 28.6 Å². The number of carbonyl (C=O) groups is 1. The minimum absolute atomic E-state index is 0.00858. The molecule has 1 unspecified atom stereocenters. The molecule has 0 saturated heterocycles. The molecule has 1 atom stereocenters. The van der Waals surface area contributed by atoms with Gasteiger partial charge in [0.25, 0.3) is 0 Å². The molecule has 132 valence electrons. The second-order valence-electron chi connectivity index (χ2n) is 5.88. The first-order valence-corrected chi connectivity index (χ1v) is 9.83. The van der Waals surface area contributed by atoms with E-state index < -0.39 is 10.8 Å². The summed E-state index contributed by atoms with van der Waals surface area (Å²) in [6, 6.07) is 9.80. The number of fused-ring (bicyclic) bond motifs is 1. The van der Waals surface area contributed by atoms with Gasteiger partial charge >= 0.3 is 0 Å². The van der Waals surface area contributed by atoms with Gasteiger partial charge < -0.3 is 5.32 Å². The third kappa shape index (κ3) is 3.71. The molecule has 1 aromatic carbocycles. The van der Waals surface area contributed by atoms with Gasteiger partial charge in [-0.05, 0) is 18.9 Å². The highest BCUT2D eigenvalue weighted by molar-refractivity contribution is 7.84. The lowest BCUT2D eigenvalue weighted by molar-refractivity contribution is -0.117. The average Bonchev–Trinajstić information content (AvgIpc) is 2.92. The van der Waals surface area contributed by atoms with Gasteiger partial charge in [-0.25, -0.2) is 9.97 Å². The predicted molar refractivity (Wildman–Crippen MR) is 99.1 cm³/mol. The van der Waals surface area contributed by atoms with Crippen LogP contribution in [0, 0.1) is 0 Å². The number of anilines is 2. The van der Waals surface area contributed by atoms with Crippen LogP contribution in [0.5, 0.6) is 0 Å². The fourth-order valence-electron chi connectivity index (χ4n) is 2.82. The van der Waals surface area contributed by atoms with Crippen molar-refractivity contribution in [1.82, 2.24) is 9.97 Å². The normalized spacial score (nSPS) is 14.5. The molecule has 0 fully saturated rings. The lowest BCUT2D eigenvalue weighted by Gasteiger charge is -2.18. The van der Waals surface area contributed by atoms with Crippen LogP contribution in [0.2, 0.25) is 0 Å². The molecule has 2 aromatic rings. The molecule has 0 aliphatic carbocycles. The van der Waals surface area contributed by atoms with Crippen molar-refractivity contribution in [2.24, 2.45) is 0 Å². The molecule has 1 aromatic heterocycles. The number of rotatable bonds is 7. The zero-order valence-corrected chi connectivity index (χ0v) is 15.3. The van der Waals surface area contributed by atoms with Gasteiger partial charge in [-0.2, -0.15) is 0 Å². The van der Waals surface area contributed by atoms with Crippen molar-refractivity contribution in [1.29, 1.82) is 0 Å². The SMILES string of the molecule is CCCS(=O)c1nc(NCC)c2c(n1)N(Cc1ccccc1)C(=O)C2. The van der Waals surface area contributed by atoms with Gasteiger partial charge in [0.15, 0.2) is 0 Å². The highest BCUT2D eigenvalue weighted by atomic mass is 32.2. The van der Waals surface area contributed by atoms with Crippen LogP contribution in [0.15, 0.2) is 35.5 Å². The Morgan fingerprint density at radius 2 is 1.96 bits per heavy atom. The molecule has 6 nitrogen and oxygen atoms in total. The maximum absolute atomic E-state index is 12.6. The fraction of sp³-hybridized carbons (Fsp3) is 0.389. The molecule has 2 heterocycles. The Bertz CT molecular complexity index is 795. The molecule has 0 bridgehead atoms. The van der Waals surface area contributed by atoms with E-state index in [0.717, 1.165) is 17.5 Å². The number of nitrogens with zero attached hydrogens (tertiary/aromatic N) is 3. The summed E-state index contributed by atoms with van der Waals surface area (Å²) in [5, 5.41) is 3.48. The first kappa shape index (κ1) is 17.5. The largest absolute Gasteiger partial charge is 0.370 e. The number of carbonyl (C=O) groups excluding carboxylic acids is 1. The average molecular weight is 358 g/mol. The Labute approximate surface area is 150 Å². The third-order valence-corrected chi connectivity index (χ3v) is 5.34. The van der Waals surface area contributed by atoms with E-state index in [-0.39, 0.29) is 12.3 Å². The number of benzene rings is 1. The Hall–Kier alpha value is -2.28. The van der Waals surface area contributed by atoms with E-state index in [1.54, 1.807) is 4.90 Å².